The minimum absolute atomic E-state index is 0.231. The van der Waals surface area contributed by atoms with Crippen molar-refractivity contribution in [1.29, 1.82) is 0 Å². The molecule has 3 rings (SSSR count). The maximum absolute atomic E-state index is 11.4. The molecular formula is C15H18N4O2. The monoisotopic (exact) mass is 286 g/mol. The van der Waals surface area contributed by atoms with Gasteiger partial charge in [-0.3, -0.25) is 10.2 Å². The summed E-state index contributed by atoms with van der Waals surface area (Å²) in [6.07, 6.45) is 0. The molecule has 6 heteroatoms. The maximum Gasteiger partial charge on any atom is 0.300 e. The summed E-state index contributed by atoms with van der Waals surface area (Å²) in [6.45, 7) is 2.49. The van der Waals surface area contributed by atoms with Crippen LogP contribution >= 0.6 is 0 Å². The van der Waals surface area contributed by atoms with E-state index in [2.05, 4.69) is 34.4 Å². The number of amides is 1. The molecule has 0 fully saturated rings. The SMILES string of the molecule is CN1CCN(Cc2ccc(C(=O)NN)o2)c2ccccc21. The number of likely N-dealkylation sites (N-methyl/N-ethyl adjacent to an activating group) is 1. The lowest BCUT2D eigenvalue weighted by Crippen LogP contribution is -2.38. The molecule has 1 aromatic heterocycles. The zero-order valence-corrected chi connectivity index (χ0v) is 11.9. The lowest BCUT2D eigenvalue weighted by atomic mass is 10.1. The van der Waals surface area contributed by atoms with Gasteiger partial charge < -0.3 is 14.2 Å². The van der Waals surface area contributed by atoms with Gasteiger partial charge in [0.2, 0.25) is 0 Å². The van der Waals surface area contributed by atoms with Crippen LogP contribution in [0.15, 0.2) is 40.8 Å². The number of para-hydroxylation sites is 2. The van der Waals surface area contributed by atoms with E-state index in [0.29, 0.717) is 6.54 Å². The summed E-state index contributed by atoms with van der Waals surface area (Å²) in [5.41, 5.74) is 4.44. The molecule has 1 amide bonds. The molecule has 6 nitrogen and oxygen atoms in total. The van der Waals surface area contributed by atoms with Crippen LogP contribution in [-0.4, -0.2) is 26.0 Å². The number of hydrogen-bond acceptors (Lipinski definition) is 5. The summed E-state index contributed by atoms with van der Waals surface area (Å²) in [7, 11) is 2.09. The van der Waals surface area contributed by atoms with E-state index < -0.39 is 5.91 Å². The standard InChI is InChI=1S/C15H18N4O2/c1-18-8-9-19(13-5-3-2-4-12(13)18)10-11-6-7-14(21-11)15(20)17-16/h2-7H,8-10,16H2,1H3,(H,17,20). The van der Waals surface area contributed by atoms with Crippen LogP contribution < -0.4 is 21.1 Å². The first kappa shape index (κ1) is 13.5. The summed E-state index contributed by atoms with van der Waals surface area (Å²) in [6, 6.07) is 11.7. The molecule has 1 aromatic carbocycles. The number of nitrogens with two attached hydrogens (primary N) is 1. The molecule has 0 unspecified atom stereocenters. The molecule has 0 aliphatic carbocycles. The van der Waals surface area contributed by atoms with Crippen LogP contribution in [0.1, 0.15) is 16.3 Å². The molecule has 1 aliphatic heterocycles. The molecule has 2 heterocycles. The van der Waals surface area contributed by atoms with E-state index in [0.717, 1.165) is 18.8 Å². The van der Waals surface area contributed by atoms with Gasteiger partial charge in [-0.15, -0.1) is 0 Å². The summed E-state index contributed by atoms with van der Waals surface area (Å²) < 4.78 is 5.53. The largest absolute Gasteiger partial charge is 0.454 e. The van der Waals surface area contributed by atoms with Crippen molar-refractivity contribution in [2.75, 3.05) is 29.9 Å². The summed E-state index contributed by atoms with van der Waals surface area (Å²) >= 11 is 0. The predicted molar refractivity (Wildman–Crippen MR) is 81.1 cm³/mol. The molecule has 0 saturated heterocycles. The number of furan rings is 1. The first-order valence-corrected chi connectivity index (χ1v) is 6.84. The Labute approximate surface area is 123 Å². The Bertz CT molecular complexity index is 653. The van der Waals surface area contributed by atoms with E-state index in [1.165, 1.54) is 11.4 Å². The summed E-state index contributed by atoms with van der Waals surface area (Å²) in [5, 5.41) is 0. The van der Waals surface area contributed by atoms with Crippen LogP contribution in [0.5, 0.6) is 0 Å². The Balaban J connectivity index is 1.81. The van der Waals surface area contributed by atoms with Crippen LogP contribution in [-0.2, 0) is 6.54 Å². The molecular weight excluding hydrogens is 268 g/mol. The average Bonchev–Trinajstić information content (AvgIpc) is 2.98. The second-order valence-electron chi connectivity index (χ2n) is 5.07. The van der Waals surface area contributed by atoms with Crippen molar-refractivity contribution < 1.29 is 9.21 Å². The highest BCUT2D eigenvalue weighted by atomic mass is 16.4. The molecule has 0 atom stereocenters. The predicted octanol–water partition coefficient (Wildman–Crippen LogP) is 1.34. The molecule has 2 aromatic rings. The lowest BCUT2D eigenvalue weighted by molar-refractivity contribution is 0.0924. The van der Waals surface area contributed by atoms with Crippen molar-refractivity contribution in [2.45, 2.75) is 6.54 Å². The smallest absolute Gasteiger partial charge is 0.300 e. The van der Waals surface area contributed by atoms with Gasteiger partial charge in [-0.1, -0.05) is 12.1 Å². The third-order valence-electron chi connectivity index (χ3n) is 3.70. The van der Waals surface area contributed by atoms with Crippen LogP contribution in [0.3, 0.4) is 0 Å². The number of fused-ring (bicyclic) bond motifs is 1. The number of hydrazine groups is 1. The molecule has 1 aliphatic rings. The van der Waals surface area contributed by atoms with Gasteiger partial charge in [0.15, 0.2) is 5.76 Å². The van der Waals surface area contributed by atoms with Crippen LogP contribution in [0.25, 0.3) is 0 Å². The van der Waals surface area contributed by atoms with Gasteiger partial charge in [-0.05, 0) is 24.3 Å². The van der Waals surface area contributed by atoms with E-state index in [9.17, 15) is 4.79 Å². The lowest BCUT2D eigenvalue weighted by Gasteiger charge is -2.36. The van der Waals surface area contributed by atoms with Gasteiger partial charge in [-0.2, -0.15) is 0 Å². The normalized spacial score (nSPS) is 14.0. The van der Waals surface area contributed by atoms with E-state index in [-0.39, 0.29) is 5.76 Å². The second kappa shape index (κ2) is 5.49. The topological polar surface area (TPSA) is 74.7 Å². The van der Waals surface area contributed by atoms with Gasteiger partial charge in [0.25, 0.3) is 0 Å². The third kappa shape index (κ3) is 2.57. The number of benzene rings is 1. The van der Waals surface area contributed by atoms with Gasteiger partial charge in [0.05, 0.1) is 17.9 Å². The number of carbonyl (C=O) groups is 1. The fourth-order valence-electron chi connectivity index (χ4n) is 2.57. The second-order valence-corrected chi connectivity index (χ2v) is 5.07. The highest BCUT2D eigenvalue weighted by molar-refractivity contribution is 5.90. The van der Waals surface area contributed by atoms with Crippen molar-refractivity contribution in [3.05, 3.63) is 47.9 Å². The third-order valence-corrected chi connectivity index (χ3v) is 3.70. The Kier molecular flexibility index (Phi) is 3.53. The molecule has 0 saturated carbocycles. The van der Waals surface area contributed by atoms with E-state index in [1.54, 1.807) is 6.07 Å². The quantitative estimate of drug-likeness (QED) is 0.506. The van der Waals surface area contributed by atoms with Crippen LogP contribution in [0, 0.1) is 0 Å². The number of anilines is 2. The molecule has 3 N–H and O–H groups in total. The van der Waals surface area contributed by atoms with Crippen molar-refractivity contribution in [3.63, 3.8) is 0 Å². The zero-order chi connectivity index (χ0) is 14.8. The average molecular weight is 286 g/mol. The Morgan fingerprint density at radius 3 is 2.76 bits per heavy atom. The van der Waals surface area contributed by atoms with Crippen molar-refractivity contribution in [2.24, 2.45) is 5.84 Å². The minimum Gasteiger partial charge on any atom is -0.454 e. The minimum atomic E-state index is -0.417. The number of nitrogen functional groups attached to an aromatic ring is 1. The van der Waals surface area contributed by atoms with Crippen molar-refractivity contribution >= 4 is 17.3 Å². The van der Waals surface area contributed by atoms with Crippen molar-refractivity contribution in [1.82, 2.24) is 5.43 Å². The first-order valence-electron chi connectivity index (χ1n) is 6.84. The molecule has 110 valence electrons. The van der Waals surface area contributed by atoms with E-state index in [1.807, 2.05) is 18.2 Å². The summed E-state index contributed by atoms with van der Waals surface area (Å²) in [5.74, 6) is 5.66. The van der Waals surface area contributed by atoms with Gasteiger partial charge in [0, 0.05) is 20.1 Å². The molecule has 0 radical (unpaired) electrons. The van der Waals surface area contributed by atoms with Crippen molar-refractivity contribution in [3.8, 4) is 0 Å². The zero-order valence-electron chi connectivity index (χ0n) is 11.9. The number of carbonyl (C=O) groups excluding carboxylic acids is 1. The maximum atomic E-state index is 11.4. The Morgan fingerprint density at radius 1 is 1.24 bits per heavy atom. The summed E-state index contributed by atoms with van der Waals surface area (Å²) in [4.78, 5) is 15.9. The highest BCUT2D eigenvalue weighted by Gasteiger charge is 2.21. The van der Waals surface area contributed by atoms with Gasteiger partial charge in [0.1, 0.15) is 5.76 Å². The molecule has 21 heavy (non-hydrogen) atoms. The van der Waals surface area contributed by atoms with Gasteiger partial charge >= 0.3 is 5.91 Å². The van der Waals surface area contributed by atoms with Crippen LogP contribution in [0.2, 0.25) is 0 Å². The number of hydrogen-bond donors (Lipinski definition) is 2. The fourth-order valence-corrected chi connectivity index (χ4v) is 2.57. The molecule has 0 spiro atoms. The Morgan fingerprint density at radius 2 is 2.00 bits per heavy atom. The van der Waals surface area contributed by atoms with Gasteiger partial charge in [-0.25, -0.2) is 5.84 Å². The van der Waals surface area contributed by atoms with Crippen LogP contribution in [0.4, 0.5) is 11.4 Å². The number of nitrogens with one attached hydrogen (secondary N) is 1. The highest BCUT2D eigenvalue weighted by Crippen LogP contribution is 2.32. The first-order chi connectivity index (χ1) is 10.2. The Hall–Kier alpha value is -2.47. The molecule has 0 bridgehead atoms. The fraction of sp³-hybridized carbons (Fsp3) is 0.267. The number of rotatable bonds is 3. The van der Waals surface area contributed by atoms with E-state index in [4.69, 9.17) is 10.3 Å². The van der Waals surface area contributed by atoms with E-state index >= 15 is 0 Å². The number of nitrogens with zero attached hydrogens (tertiary/aromatic N) is 2.